The van der Waals surface area contributed by atoms with Gasteiger partial charge in [-0.2, -0.15) is 10.1 Å². The third-order valence-corrected chi connectivity index (χ3v) is 3.84. The molecule has 0 bridgehead atoms. The highest BCUT2D eigenvalue weighted by Gasteiger charge is 2.13. The van der Waals surface area contributed by atoms with Crippen LogP contribution in [-0.4, -0.2) is 24.8 Å². The average molecular weight is 347 g/mol. The number of hydrogen-bond acceptors (Lipinski definition) is 6. The molecule has 0 saturated heterocycles. The normalized spacial score (nSPS) is 10.8. The first-order valence-electron chi connectivity index (χ1n) is 7.84. The van der Waals surface area contributed by atoms with E-state index in [0.29, 0.717) is 23.8 Å². The molecule has 0 fully saturated rings. The van der Waals surface area contributed by atoms with Crippen molar-refractivity contribution in [3.05, 3.63) is 82.7 Å². The lowest BCUT2D eigenvalue weighted by Crippen LogP contribution is -1.99. The van der Waals surface area contributed by atoms with Crippen molar-refractivity contribution in [2.45, 2.75) is 6.54 Å². The minimum absolute atomic E-state index is 0.0174. The molecule has 0 saturated carbocycles. The number of benzene rings is 2. The van der Waals surface area contributed by atoms with Crippen LogP contribution in [0.4, 0.5) is 5.69 Å². The Hall–Kier alpha value is -3.81. The summed E-state index contributed by atoms with van der Waals surface area (Å²) in [6.45, 7) is 0.643. The second-order valence-electron chi connectivity index (χ2n) is 5.63. The lowest BCUT2D eigenvalue weighted by molar-refractivity contribution is -0.384. The maximum atomic E-state index is 10.7. The molecule has 0 spiro atoms. The molecule has 0 aliphatic rings. The van der Waals surface area contributed by atoms with Crippen LogP contribution >= 0.6 is 0 Å². The number of non-ortho nitro benzene ring substituents is 1. The zero-order valence-electron chi connectivity index (χ0n) is 13.5. The highest BCUT2D eigenvalue weighted by Crippen LogP contribution is 2.24. The summed E-state index contributed by atoms with van der Waals surface area (Å²) in [5.74, 6) is 0.771. The fraction of sp³-hybridized carbons (Fsp3) is 0.0556. The predicted molar refractivity (Wildman–Crippen MR) is 93.2 cm³/mol. The first-order valence-corrected chi connectivity index (χ1v) is 7.84. The second kappa shape index (κ2) is 6.60. The monoisotopic (exact) mass is 347 g/mol. The molecule has 0 radical (unpaired) electrons. The van der Waals surface area contributed by atoms with E-state index in [1.165, 1.54) is 12.1 Å². The molecule has 0 atom stereocenters. The van der Waals surface area contributed by atoms with E-state index in [4.69, 9.17) is 4.52 Å². The third-order valence-electron chi connectivity index (χ3n) is 3.84. The van der Waals surface area contributed by atoms with E-state index in [-0.39, 0.29) is 5.69 Å². The van der Waals surface area contributed by atoms with E-state index >= 15 is 0 Å². The van der Waals surface area contributed by atoms with E-state index in [2.05, 4.69) is 15.2 Å². The second-order valence-corrected chi connectivity index (χ2v) is 5.63. The van der Waals surface area contributed by atoms with Gasteiger partial charge in [-0.25, -0.2) is 0 Å². The van der Waals surface area contributed by atoms with Gasteiger partial charge in [-0.1, -0.05) is 17.3 Å². The number of rotatable bonds is 5. The Morgan fingerprint density at radius 3 is 2.65 bits per heavy atom. The molecule has 0 aliphatic heterocycles. The lowest BCUT2D eigenvalue weighted by atomic mass is 10.1. The Kier molecular flexibility index (Phi) is 3.98. The summed E-state index contributed by atoms with van der Waals surface area (Å²) < 4.78 is 7.18. The maximum absolute atomic E-state index is 10.7. The number of nitrogens with zero attached hydrogens (tertiary/aromatic N) is 5. The van der Waals surface area contributed by atoms with Crippen LogP contribution in [0, 0.1) is 10.1 Å². The Morgan fingerprint density at radius 1 is 1.08 bits per heavy atom. The quantitative estimate of drug-likeness (QED) is 0.404. The summed E-state index contributed by atoms with van der Waals surface area (Å²) in [4.78, 5) is 14.7. The van der Waals surface area contributed by atoms with Crippen molar-refractivity contribution in [3.63, 3.8) is 0 Å². The molecule has 0 aliphatic carbocycles. The van der Waals surface area contributed by atoms with Gasteiger partial charge in [0.25, 0.3) is 11.6 Å². The average Bonchev–Trinajstić information content (AvgIpc) is 3.34. The van der Waals surface area contributed by atoms with E-state index in [0.717, 1.165) is 11.1 Å². The third kappa shape index (κ3) is 3.20. The number of nitro benzene ring substituents is 1. The van der Waals surface area contributed by atoms with Crippen molar-refractivity contribution >= 4 is 5.69 Å². The zero-order valence-corrected chi connectivity index (χ0v) is 13.5. The number of aromatic nitrogens is 4. The van der Waals surface area contributed by atoms with Crippen molar-refractivity contribution in [1.82, 2.24) is 19.9 Å². The molecule has 4 rings (SSSR count). The van der Waals surface area contributed by atoms with Crippen molar-refractivity contribution in [1.29, 1.82) is 0 Å². The number of nitro groups is 1. The summed E-state index contributed by atoms with van der Waals surface area (Å²) in [6, 6.07) is 15.7. The fourth-order valence-corrected chi connectivity index (χ4v) is 2.57. The molecule has 2 aromatic carbocycles. The first kappa shape index (κ1) is 15.7. The van der Waals surface area contributed by atoms with Gasteiger partial charge in [0.2, 0.25) is 5.82 Å². The van der Waals surface area contributed by atoms with Crippen LogP contribution in [0.25, 0.3) is 22.8 Å². The maximum Gasteiger partial charge on any atom is 0.269 e. The van der Waals surface area contributed by atoms with Gasteiger partial charge in [-0.3, -0.25) is 14.8 Å². The molecule has 2 heterocycles. The minimum atomic E-state index is -0.448. The summed E-state index contributed by atoms with van der Waals surface area (Å²) in [7, 11) is 0. The van der Waals surface area contributed by atoms with Crippen molar-refractivity contribution in [2.75, 3.05) is 0 Å². The molecule has 26 heavy (non-hydrogen) atoms. The minimum Gasteiger partial charge on any atom is -0.334 e. The van der Waals surface area contributed by atoms with Gasteiger partial charge in [-0.15, -0.1) is 0 Å². The summed E-state index contributed by atoms with van der Waals surface area (Å²) in [5, 5.41) is 18.9. The van der Waals surface area contributed by atoms with Gasteiger partial charge in [0.05, 0.1) is 11.5 Å². The van der Waals surface area contributed by atoms with Gasteiger partial charge in [-0.05, 0) is 35.9 Å². The Bertz CT molecular complexity index is 1040. The number of hydrogen-bond donors (Lipinski definition) is 0. The smallest absolute Gasteiger partial charge is 0.269 e. The topological polar surface area (TPSA) is 99.9 Å². The van der Waals surface area contributed by atoms with Crippen molar-refractivity contribution in [3.8, 4) is 22.8 Å². The lowest BCUT2D eigenvalue weighted by Gasteiger charge is -2.03. The molecular formula is C18H13N5O3. The fourth-order valence-electron chi connectivity index (χ4n) is 2.57. The molecule has 8 nitrogen and oxygen atoms in total. The highest BCUT2D eigenvalue weighted by atomic mass is 16.6. The molecular weight excluding hydrogens is 334 g/mol. The molecule has 128 valence electrons. The predicted octanol–water partition coefficient (Wildman–Crippen LogP) is 3.56. The van der Waals surface area contributed by atoms with E-state index in [1.807, 2.05) is 41.2 Å². The molecule has 0 N–H and O–H groups in total. The largest absolute Gasteiger partial charge is 0.334 e. The van der Waals surface area contributed by atoms with Gasteiger partial charge in [0, 0.05) is 35.7 Å². The van der Waals surface area contributed by atoms with Crippen molar-refractivity contribution in [2.24, 2.45) is 0 Å². The van der Waals surface area contributed by atoms with Crippen LogP contribution in [0.15, 0.2) is 71.5 Å². The molecule has 8 heteroatoms. The first-order chi connectivity index (χ1) is 12.7. The SMILES string of the molecule is O=[N+]([O-])c1ccc(-c2noc(-c3cccc(Cn4cccn4)c3)n2)cc1. The Balaban J connectivity index is 1.58. The standard InChI is InChI=1S/C18H13N5O3/c24-23(25)16-7-5-14(6-8-16)17-20-18(26-21-17)15-4-1-3-13(11-15)12-22-10-2-9-19-22/h1-11H,12H2. The van der Waals surface area contributed by atoms with Crippen LogP contribution < -0.4 is 0 Å². The Labute approximate surface area is 147 Å². The van der Waals surface area contributed by atoms with E-state index in [9.17, 15) is 10.1 Å². The molecule has 0 amide bonds. The van der Waals surface area contributed by atoms with Crippen LogP contribution in [0.2, 0.25) is 0 Å². The summed E-state index contributed by atoms with van der Waals surface area (Å²) >= 11 is 0. The highest BCUT2D eigenvalue weighted by molar-refractivity contribution is 5.61. The van der Waals surface area contributed by atoms with Gasteiger partial charge in [0.1, 0.15) is 0 Å². The molecule has 0 unspecified atom stereocenters. The van der Waals surface area contributed by atoms with Crippen LogP contribution in [0.1, 0.15) is 5.56 Å². The van der Waals surface area contributed by atoms with Gasteiger partial charge in [0.15, 0.2) is 0 Å². The molecule has 4 aromatic rings. The van der Waals surface area contributed by atoms with Gasteiger partial charge >= 0.3 is 0 Å². The van der Waals surface area contributed by atoms with Crippen LogP contribution in [-0.2, 0) is 6.54 Å². The van der Waals surface area contributed by atoms with Crippen LogP contribution in [0.5, 0.6) is 0 Å². The van der Waals surface area contributed by atoms with Crippen molar-refractivity contribution < 1.29 is 9.45 Å². The van der Waals surface area contributed by atoms with Crippen LogP contribution in [0.3, 0.4) is 0 Å². The van der Waals surface area contributed by atoms with E-state index < -0.39 is 4.92 Å². The molecule has 2 aromatic heterocycles. The zero-order chi connectivity index (χ0) is 17.9. The van der Waals surface area contributed by atoms with Gasteiger partial charge < -0.3 is 4.52 Å². The van der Waals surface area contributed by atoms with E-state index in [1.54, 1.807) is 18.3 Å². The summed E-state index contributed by atoms with van der Waals surface area (Å²) in [6.07, 6.45) is 3.63. The summed E-state index contributed by atoms with van der Waals surface area (Å²) in [5.41, 5.74) is 2.53. The Morgan fingerprint density at radius 2 is 1.92 bits per heavy atom.